The van der Waals surface area contributed by atoms with Gasteiger partial charge in [-0.2, -0.15) is 0 Å². The zero-order valence-electron chi connectivity index (χ0n) is 13.4. The molecule has 0 atom stereocenters. The fraction of sp³-hybridized carbons (Fsp3) is 0.375. The lowest BCUT2D eigenvalue weighted by molar-refractivity contribution is -0.127. The minimum Gasteiger partial charge on any atom is -0.360 e. The van der Waals surface area contributed by atoms with Gasteiger partial charge in [-0.3, -0.25) is 4.79 Å². The second kappa shape index (κ2) is 6.95. The van der Waals surface area contributed by atoms with Crippen LogP contribution >= 0.6 is 0 Å². The van der Waals surface area contributed by atoms with E-state index in [4.69, 9.17) is 4.52 Å². The topological polar surface area (TPSA) is 80.5 Å². The summed E-state index contributed by atoms with van der Waals surface area (Å²) < 4.78 is 29.1. The molecule has 1 heterocycles. The molecule has 124 valence electrons. The van der Waals surface area contributed by atoms with Gasteiger partial charge in [-0.25, -0.2) is 8.42 Å². The van der Waals surface area contributed by atoms with Crippen molar-refractivity contribution in [3.05, 3.63) is 52.9 Å². The fourth-order valence-electron chi connectivity index (χ4n) is 2.11. The normalized spacial score (nSPS) is 11.4. The second-order valence-electron chi connectivity index (χ2n) is 5.70. The molecule has 0 saturated carbocycles. The van der Waals surface area contributed by atoms with Crippen LogP contribution in [-0.2, 0) is 26.9 Å². The van der Waals surface area contributed by atoms with Gasteiger partial charge in [-0.15, -0.1) is 0 Å². The van der Waals surface area contributed by atoms with Gasteiger partial charge in [0.1, 0.15) is 11.5 Å². The molecule has 1 amide bonds. The SMILES string of the molecule is Cc1ccc(CN(C)C(=O)CS(=O)(=O)Cc2cc(C)no2)cc1. The van der Waals surface area contributed by atoms with Gasteiger partial charge in [0.2, 0.25) is 5.91 Å². The van der Waals surface area contributed by atoms with Crippen LogP contribution in [0.4, 0.5) is 0 Å². The highest BCUT2D eigenvalue weighted by atomic mass is 32.2. The van der Waals surface area contributed by atoms with E-state index in [1.165, 1.54) is 4.90 Å². The van der Waals surface area contributed by atoms with Crippen molar-refractivity contribution in [2.45, 2.75) is 26.1 Å². The molecule has 0 N–H and O–H groups in total. The van der Waals surface area contributed by atoms with Crippen molar-refractivity contribution in [2.75, 3.05) is 12.8 Å². The monoisotopic (exact) mass is 336 g/mol. The van der Waals surface area contributed by atoms with Crippen LogP contribution in [0.3, 0.4) is 0 Å². The van der Waals surface area contributed by atoms with Gasteiger partial charge in [-0.05, 0) is 19.4 Å². The summed E-state index contributed by atoms with van der Waals surface area (Å²) in [6.07, 6.45) is 0. The van der Waals surface area contributed by atoms with Gasteiger partial charge in [0.15, 0.2) is 15.6 Å². The van der Waals surface area contributed by atoms with Crippen LogP contribution in [0, 0.1) is 13.8 Å². The molecular weight excluding hydrogens is 316 g/mol. The number of hydrogen-bond acceptors (Lipinski definition) is 5. The average molecular weight is 336 g/mol. The summed E-state index contributed by atoms with van der Waals surface area (Å²) in [5, 5.41) is 3.64. The standard InChI is InChI=1S/C16H20N2O4S/c1-12-4-6-14(7-5-12)9-18(3)16(19)11-23(20,21)10-15-8-13(2)17-22-15/h4-8H,9-11H2,1-3H3. The molecule has 2 rings (SSSR count). The van der Waals surface area contributed by atoms with E-state index >= 15 is 0 Å². The van der Waals surface area contributed by atoms with E-state index in [1.807, 2.05) is 31.2 Å². The molecule has 0 aliphatic heterocycles. The Labute approximate surface area is 136 Å². The minimum atomic E-state index is -3.59. The largest absolute Gasteiger partial charge is 0.360 e. The molecule has 2 aromatic rings. The maximum absolute atomic E-state index is 12.1. The van der Waals surface area contributed by atoms with E-state index in [0.717, 1.165) is 11.1 Å². The zero-order valence-corrected chi connectivity index (χ0v) is 14.3. The smallest absolute Gasteiger partial charge is 0.237 e. The van der Waals surface area contributed by atoms with E-state index < -0.39 is 21.5 Å². The van der Waals surface area contributed by atoms with Gasteiger partial charge in [-0.1, -0.05) is 35.0 Å². The highest BCUT2D eigenvalue weighted by molar-refractivity contribution is 7.91. The molecule has 0 bridgehead atoms. The molecule has 0 saturated heterocycles. The highest BCUT2D eigenvalue weighted by Gasteiger charge is 2.22. The molecule has 0 fully saturated rings. The number of rotatable bonds is 6. The third kappa shape index (κ3) is 5.21. The molecule has 23 heavy (non-hydrogen) atoms. The molecule has 0 unspecified atom stereocenters. The van der Waals surface area contributed by atoms with Crippen molar-refractivity contribution in [3.63, 3.8) is 0 Å². The minimum absolute atomic E-state index is 0.247. The van der Waals surface area contributed by atoms with Crippen molar-refractivity contribution >= 4 is 15.7 Å². The number of aromatic nitrogens is 1. The molecule has 0 aliphatic rings. The van der Waals surface area contributed by atoms with Gasteiger partial charge in [0.25, 0.3) is 0 Å². The summed E-state index contributed by atoms with van der Waals surface area (Å²) in [6.45, 7) is 4.06. The van der Waals surface area contributed by atoms with Crippen molar-refractivity contribution in [1.82, 2.24) is 10.1 Å². The van der Waals surface area contributed by atoms with Gasteiger partial charge >= 0.3 is 0 Å². The Kier molecular flexibility index (Phi) is 5.20. The maximum atomic E-state index is 12.1. The van der Waals surface area contributed by atoms with Crippen molar-refractivity contribution in [2.24, 2.45) is 0 Å². The predicted octanol–water partition coefficient (Wildman–Crippen LogP) is 1.86. The number of carbonyl (C=O) groups is 1. The molecule has 7 heteroatoms. The third-order valence-corrected chi connectivity index (χ3v) is 4.76. The number of hydrogen-bond donors (Lipinski definition) is 0. The summed E-state index contributed by atoms with van der Waals surface area (Å²) in [4.78, 5) is 13.5. The van der Waals surface area contributed by atoms with E-state index in [1.54, 1.807) is 20.0 Å². The number of sulfone groups is 1. The Bertz CT molecular complexity index is 779. The fourth-order valence-corrected chi connectivity index (χ4v) is 3.37. The van der Waals surface area contributed by atoms with Crippen molar-refractivity contribution in [3.8, 4) is 0 Å². The van der Waals surface area contributed by atoms with Crippen molar-refractivity contribution < 1.29 is 17.7 Å². The summed E-state index contributed by atoms with van der Waals surface area (Å²) in [7, 11) is -2.00. The summed E-state index contributed by atoms with van der Waals surface area (Å²) in [5.41, 5.74) is 2.69. The Morgan fingerprint density at radius 3 is 2.43 bits per heavy atom. The lowest BCUT2D eigenvalue weighted by Gasteiger charge is -2.17. The second-order valence-corrected chi connectivity index (χ2v) is 7.77. The number of nitrogens with zero attached hydrogens (tertiary/aromatic N) is 2. The first kappa shape index (κ1) is 17.2. The zero-order chi connectivity index (χ0) is 17.0. The first-order valence-corrected chi connectivity index (χ1v) is 8.99. The Balaban J connectivity index is 1.95. The highest BCUT2D eigenvalue weighted by Crippen LogP contribution is 2.10. The molecule has 0 spiro atoms. The Morgan fingerprint density at radius 2 is 1.87 bits per heavy atom. The number of amides is 1. The van der Waals surface area contributed by atoms with Crippen LogP contribution in [0.2, 0.25) is 0 Å². The van der Waals surface area contributed by atoms with E-state index in [2.05, 4.69) is 5.16 Å². The first-order chi connectivity index (χ1) is 10.7. The Morgan fingerprint density at radius 1 is 1.22 bits per heavy atom. The van der Waals surface area contributed by atoms with Gasteiger partial charge in [0.05, 0.1) is 5.69 Å². The average Bonchev–Trinajstić information content (AvgIpc) is 2.85. The molecule has 0 radical (unpaired) electrons. The molecule has 1 aromatic heterocycles. The van der Waals surface area contributed by atoms with E-state index in [-0.39, 0.29) is 11.5 Å². The lowest BCUT2D eigenvalue weighted by Crippen LogP contribution is -2.32. The van der Waals surface area contributed by atoms with Crippen LogP contribution in [0.15, 0.2) is 34.9 Å². The predicted molar refractivity (Wildman–Crippen MR) is 86.4 cm³/mol. The quantitative estimate of drug-likeness (QED) is 0.804. The lowest BCUT2D eigenvalue weighted by atomic mass is 10.1. The third-order valence-electron chi connectivity index (χ3n) is 3.35. The van der Waals surface area contributed by atoms with E-state index in [0.29, 0.717) is 12.2 Å². The molecule has 1 aromatic carbocycles. The first-order valence-electron chi connectivity index (χ1n) is 7.17. The summed E-state index contributed by atoms with van der Waals surface area (Å²) >= 11 is 0. The van der Waals surface area contributed by atoms with Crippen LogP contribution in [0.5, 0.6) is 0 Å². The van der Waals surface area contributed by atoms with Crippen LogP contribution < -0.4 is 0 Å². The maximum Gasteiger partial charge on any atom is 0.237 e. The molecular formula is C16H20N2O4S. The van der Waals surface area contributed by atoms with Gasteiger partial charge in [0, 0.05) is 19.7 Å². The summed E-state index contributed by atoms with van der Waals surface area (Å²) in [5.74, 6) is -1.06. The number of benzene rings is 1. The number of carbonyl (C=O) groups excluding carboxylic acids is 1. The number of aryl methyl sites for hydroxylation is 2. The van der Waals surface area contributed by atoms with Crippen LogP contribution in [0.1, 0.15) is 22.6 Å². The molecule has 0 aliphatic carbocycles. The molecule has 6 nitrogen and oxygen atoms in total. The van der Waals surface area contributed by atoms with Crippen molar-refractivity contribution in [1.29, 1.82) is 0 Å². The van der Waals surface area contributed by atoms with E-state index in [9.17, 15) is 13.2 Å². The summed E-state index contributed by atoms with van der Waals surface area (Å²) in [6, 6.07) is 9.31. The van der Waals surface area contributed by atoms with Gasteiger partial charge < -0.3 is 9.42 Å². The van der Waals surface area contributed by atoms with Crippen LogP contribution in [-0.4, -0.2) is 37.2 Å². The Hall–Kier alpha value is -2.15. The van der Waals surface area contributed by atoms with Crippen LogP contribution in [0.25, 0.3) is 0 Å².